The van der Waals surface area contributed by atoms with Crippen molar-refractivity contribution in [3.63, 3.8) is 0 Å². The molecule has 1 unspecified atom stereocenters. The van der Waals surface area contributed by atoms with Gasteiger partial charge in [0.1, 0.15) is 0 Å². The van der Waals surface area contributed by atoms with Crippen molar-refractivity contribution < 1.29 is 4.79 Å². The normalized spacial score (nSPS) is 14.2. The van der Waals surface area contributed by atoms with Crippen molar-refractivity contribution in [1.82, 2.24) is 5.32 Å². The molecule has 0 aromatic heterocycles. The minimum atomic E-state index is -0.302. The van der Waals surface area contributed by atoms with E-state index in [1.165, 1.54) is 5.56 Å². The average molecular weight is 303 g/mol. The summed E-state index contributed by atoms with van der Waals surface area (Å²) in [5, 5.41) is 3.28. The number of benzene rings is 1. The second-order valence-electron chi connectivity index (χ2n) is 7.99. The summed E-state index contributed by atoms with van der Waals surface area (Å²) < 4.78 is 0. The topological polar surface area (TPSA) is 29.1 Å². The van der Waals surface area contributed by atoms with E-state index in [9.17, 15) is 4.79 Å². The zero-order chi connectivity index (χ0) is 17.0. The molecule has 0 spiro atoms. The van der Waals surface area contributed by atoms with Gasteiger partial charge < -0.3 is 5.32 Å². The number of rotatable bonds is 8. The van der Waals surface area contributed by atoms with Gasteiger partial charge in [0.2, 0.25) is 0 Å². The van der Waals surface area contributed by atoms with Crippen LogP contribution >= 0.6 is 0 Å². The van der Waals surface area contributed by atoms with E-state index in [4.69, 9.17) is 0 Å². The van der Waals surface area contributed by atoms with Crippen LogP contribution in [-0.4, -0.2) is 18.9 Å². The third-order valence-corrected chi connectivity index (χ3v) is 4.80. The molecular formula is C20H33NO. The molecule has 22 heavy (non-hydrogen) atoms. The van der Waals surface area contributed by atoms with E-state index < -0.39 is 0 Å². The van der Waals surface area contributed by atoms with E-state index in [1.54, 1.807) is 0 Å². The Morgan fingerprint density at radius 1 is 1.09 bits per heavy atom. The van der Waals surface area contributed by atoms with Gasteiger partial charge in [-0.25, -0.2) is 0 Å². The van der Waals surface area contributed by atoms with Crippen molar-refractivity contribution in [2.45, 2.75) is 65.8 Å². The first-order valence-electron chi connectivity index (χ1n) is 8.40. The fraction of sp³-hybridized carbons (Fsp3) is 0.650. The van der Waals surface area contributed by atoms with Gasteiger partial charge in [-0.05, 0) is 24.9 Å². The van der Waals surface area contributed by atoms with Gasteiger partial charge in [0.05, 0.1) is 6.04 Å². The summed E-state index contributed by atoms with van der Waals surface area (Å²) in [6, 6.07) is 10.1. The smallest absolute Gasteiger partial charge is 0.156 e. The van der Waals surface area contributed by atoms with Crippen molar-refractivity contribution in [3.05, 3.63) is 35.9 Å². The Morgan fingerprint density at radius 2 is 1.64 bits per heavy atom. The molecule has 0 radical (unpaired) electrons. The average Bonchev–Trinajstić information content (AvgIpc) is 2.46. The first kappa shape index (κ1) is 18.9. The van der Waals surface area contributed by atoms with Crippen LogP contribution in [0.2, 0.25) is 0 Å². The van der Waals surface area contributed by atoms with Crippen LogP contribution in [0.3, 0.4) is 0 Å². The molecule has 1 rings (SSSR count). The predicted octanol–water partition coefficient (Wildman–Crippen LogP) is 4.58. The van der Waals surface area contributed by atoms with Crippen molar-refractivity contribution in [2.75, 3.05) is 7.05 Å². The van der Waals surface area contributed by atoms with Crippen LogP contribution in [0.15, 0.2) is 30.3 Å². The summed E-state index contributed by atoms with van der Waals surface area (Å²) in [5.74, 6) is 0.937. The third-order valence-electron chi connectivity index (χ3n) is 4.80. The number of hydrogen-bond acceptors (Lipinski definition) is 2. The summed E-state index contributed by atoms with van der Waals surface area (Å²) in [4.78, 5) is 13.2. The maximum atomic E-state index is 13.2. The number of likely N-dealkylation sites (N-methyl/N-ethyl adjacent to an activating group) is 1. The first-order chi connectivity index (χ1) is 10.1. The van der Waals surface area contributed by atoms with Crippen LogP contribution in [0, 0.1) is 11.3 Å². The molecule has 124 valence electrons. The molecule has 0 fully saturated rings. The minimum absolute atomic E-state index is 0.183. The summed E-state index contributed by atoms with van der Waals surface area (Å²) in [6.45, 7) is 12.9. The highest BCUT2D eigenvalue weighted by molar-refractivity contribution is 5.90. The van der Waals surface area contributed by atoms with Crippen LogP contribution in [-0.2, 0) is 10.2 Å². The number of Topliss-reactive ketones (excluding diaryl/α,β-unsaturated/α-hetero) is 1. The van der Waals surface area contributed by atoms with Gasteiger partial charge in [0, 0.05) is 10.8 Å². The Morgan fingerprint density at radius 3 is 2.09 bits per heavy atom. The summed E-state index contributed by atoms with van der Waals surface area (Å²) in [6.07, 6.45) is 2.02. The highest BCUT2D eigenvalue weighted by Gasteiger charge is 2.41. The molecule has 0 amide bonds. The maximum absolute atomic E-state index is 13.2. The van der Waals surface area contributed by atoms with E-state index in [-0.39, 0.29) is 16.9 Å². The van der Waals surface area contributed by atoms with Crippen molar-refractivity contribution in [3.8, 4) is 0 Å². The number of carbonyl (C=O) groups excluding carboxylic acids is 1. The molecule has 0 bridgehead atoms. The molecule has 2 nitrogen and oxygen atoms in total. The van der Waals surface area contributed by atoms with Gasteiger partial charge in [-0.15, -0.1) is 0 Å². The Bertz CT molecular complexity index is 474. The van der Waals surface area contributed by atoms with Crippen LogP contribution in [0.4, 0.5) is 0 Å². The van der Waals surface area contributed by atoms with E-state index in [1.807, 2.05) is 25.2 Å². The van der Waals surface area contributed by atoms with Gasteiger partial charge >= 0.3 is 0 Å². The molecule has 1 aromatic carbocycles. The van der Waals surface area contributed by atoms with Crippen LogP contribution in [0.25, 0.3) is 0 Å². The SMILES string of the molecule is CNC(C(=O)C(C)(C)CCC(C)C)C(C)(C)c1ccccc1. The second kappa shape index (κ2) is 7.41. The lowest BCUT2D eigenvalue weighted by Gasteiger charge is -2.38. The zero-order valence-electron chi connectivity index (χ0n) is 15.4. The fourth-order valence-electron chi connectivity index (χ4n) is 3.02. The largest absolute Gasteiger partial charge is 0.310 e. The molecular weight excluding hydrogens is 270 g/mol. The lowest BCUT2D eigenvalue weighted by molar-refractivity contribution is -0.131. The standard InChI is InChI=1S/C20H33NO/c1-15(2)13-14-19(3,4)18(22)17(21-7)20(5,6)16-11-9-8-10-12-16/h8-12,15,17,21H,13-14H2,1-7H3. The number of hydrogen-bond donors (Lipinski definition) is 1. The molecule has 0 heterocycles. The Labute approximate surface area is 136 Å². The van der Waals surface area contributed by atoms with E-state index in [0.717, 1.165) is 12.8 Å². The Hall–Kier alpha value is -1.15. The van der Waals surface area contributed by atoms with Gasteiger partial charge in [-0.1, -0.05) is 78.3 Å². The van der Waals surface area contributed by atoms with Gasteiger partial charge in [-0.3, -0.25) is 4.79 Å². The minimum Gasteiger partial charge on any atom is -0.310 e. The molecule has 0 aliphatic heterocycles. The van der Waals surface area contributed by atoms with Crippen LogP contribution in [0.1, 0.15) is 59.9 Å². The first-order valence-corrected chi connectivity index (χ1v) is 8.40. The number of nitrogens with one attached hydrogen (secondary N) is 1. The molecule has 0 aliphatic rings. The van der Waals surface area contributed by atoms with E-state index in [2.05, 4.69) is 59.0 Å². The molecule has 1 aromatic rings. The van der Waals surface area contributed by atoms with Gasteiger partial charge in [-0.2, -0.15) is 0 Å². The lowest BCUT2D eigenvalue weighted by Crippen LogP contribution is -2.53. The quantitative estimate of drug-likeness (QED) is 0.761. The Kier molecular flexibility index (Phi) is 6.37. The lowest BCUT2D eigenvalue weighted by atomic mass is 9.69. The molecule has 1 atom stereocenters. The van der Waals surface area contributed by atoms with Crippen LogP contribution in [0.5, 0.6) is 0 Å². The van der Waals surface area contributed by atoms with Gasteiger partial charge in [0.25, 0.3) is 0 Å². The molecule has 0 aliphatic carbocycles. The number of carbonyl (C=O) groups is 1. The third kappa shape index (κ3) is 4.42. The van der Waals surface area contributed by atoms with Crippen molar-refractivity contribution in [2.24, 2.45) is 11.3 Å². The predicted molar refractivity (Wildman–Crippen MR) is 95.2 cm³/mol. The monoisotopic (exact) mass is 303 g/mol. The van der Waals surface area contributed by atoms with Crippen LogP contribution < -0.4 is 5.32 Å². The van der Waals surface area contributed by atoms with Crippen molar-refractivity contribution >= 4 is 5.78 Å². The Balaban J connectivity index is 3.01. The highest BCUT2D eigenvalue weighted by atomic mass is 16.1. The number of ketones is 1. The summed E-state index contributed by atoms with van der Waals surface area (Å²) in [7, 11) is 1.89. The maximum Gasteiger partial charge on any atom is 0.156 e. The van der Waals surface area contributed by atoms with E-state index in [0.29, 0.717) is 11.7 Å². The fourth-order valence-corrected chi connectivity index (χ4v) is 3.02. The molecule has 1 N–H and O–H groups in total. The summed E-state index contributed by atoms with van der Waals surface area (Å²) in [5.41, 5.74) is 0.661. The highest BCUT2D eigenvalue weighted by Crippen LogP contribution is 2.34. The van der Waals surface area contributed by atoms with E-state index >= 15 is 0 Å². The zero-order valence-corrected chi connectivity index (χ0v) is 15.4. The van der Waals surface area contributed by atoms with Gasteiger partial charge in [0.15, 0.2) is 5.78 Å². The van der Waals surface area contributed by atoms with Crippen molar-refractivity contribution in [1.29, 1.82) is 0 Å². The summed E-state index contributed by atoms with van der Waals surface area (Å²) >= 11 is 0. The second-order valence-corrected chi connectivity index (χ2v) is 7.99. The molecule has 0 saturated heterocycles. The molecule has 0 saturated carbocycles. The molecule has 2 heteroatoms.